The molecule has 2 fully saturated rings. The molecule has 1 spiro atoms. The number of urea groups is 1. The first-order chi connectivity index (χ1) is 10.1. The van der Waals surface area contributed by atoms with Gasteiger partial charge in [-0.2, -0.15) is 0 Å². The van der Waals surface area contributed by atoms with E-state index in [2.05, 4.69) is 15.5 Å². The second-order valence-electron chi connectivity index (χ2n) is 6.15. The normalized spacial score (nSPS) is 23.0. The molecule has 112 valence electrons. The Kier molecular flexibility index (Phi) is 2.51. The summed E-state index contributed by atoms with van der Waals surface area (Å²) in [7, 11) is 1.78. The van der Waals surface area contributed by atoms with Crippen LogP contribution in [0.2, 0.25) is 0 Å². The molecular weight excluding hydrogens is 272 g/mol. The van der Waals surface area contributed by atoms with Crippen molar-refractivity contribution in [2.45, 2.75) is 31.3 Å². The minimum atomic E-state index is -0.239. The Bertz CT molecular complexity index is 618. The number of amides is 3. The molecule has 4 rings (SSSR count). The van der Waals surface area contributed by atoms with Crippen molar-refractivity contribution in [3.63, 3.8) is 0 Å². The van der Waals surface area contributed by atoms with E-state index in [1.165, 1.54) is 0 Å². The zero-order valence-electron chi connectivity index (χ0n) is 12.0. The van der Waals surface area contributed by atoms with E-state index >= 15 is 0 Å². The fourth-order valence-corrected chi connectivity index (χ4v) is 3.43. The van der Waals surface area contributed by atoms with Crippen molar-refractivity contribution in [3.8, 4) is 0 Å². The first-order valence-corrected chi connectivity index (χ1v) is 7.34. The molecule has 3 aliphatic rings. The number of fused-ring (bicyclic) bond motifs is 1. The number of hydrogen-bond donors (Lipinski definition) is 1. The average molecular weight is 290 g/mol. The van der Waals surface area contributed by atoms with Gasteiger partial charge in [0.15, 0.2) is 0 Å². The smallest absolute Gasteiger partial charge is 0.317 e. The van der Waals surface area contributed by atoms with Crippen LogP contribution in [-0.2, 0) is 13.0 Å². The molecule has 0 atom stereocenters. The van der Waals surface area contributed by atoms with E-state index in [4.69, 9.17) is 0 Å². The molecule has 0 saturated carbocycles. The first kappa shape index (κ1) is 12.6. The van der Waals surface area contributed by atoms with Crippen molar-refractivity contribution in [1.82, 2.24) is 29.9 Å². The summed E-state index contributed by atoms with van der Waals surface area (Å²) in [5.74, 6) is 1.28. The second-order valence-corrected chi connectivity index (χ2v) is 6.15. The number of hydrogen-bond acceptors (Lipinski definition) is 4. The fraction of sp³-hybridized carbons (Fsp3) is 0.692. The Morgan fingerprint density at radius 1 is 1.29 bits per heavy atom. The molecular formula is C13H18N6O2. The lowest BCUT2D eigenvalue weighted by Gasteiger charge is -2.50. The van der Waals surface area contributed by atoms with Crippen LogP contribution in [0.1, 0.15) is 29.3 Å². The molecule has 3 amide bonds. The number of aromatic nitrogens is 3. The maximum absolute atomic E-state index is 12.6. The first-order valence-electron chi connectivity index (χ1n) is 7.34. The molecule has 8 heteroatoms. The number of likely N-dealkylation sites (N-methyl/N-ethyl adjacent to an activating group) is 1. The molecule has 0 bridgehead atoms. The zero-order chi connectivity index (χ0) is 14.6. The van der Waals surface area contributed by atoms with Crippen LogP contribution in [-0.4, -0.2) is 68.7 Å². The van der Waals surface area contributed by atoms with Gasteiger partial charge in [0, 0.05) is 39.6 Å². The Morgan fingerprint density at radius 3 is 2.81 bits per heavy atom. The molecule has 0 aromatic carbocycles. The highest BCUT2D eigenvalue weighted by Crippen LogP contribution is 2.31. The van der Waals surface area contributed by atoms with Crippen LogP contribution in [0, 0.1) is 0 Å². The van der Waals surface area contributed by atoms with Gasteiger partial charge in [-0.15, -0.1) is 10.2 Å². The van der Waals surface area contributed by atoms with Crippen LogP contribution in [0.25, 0.3) is 0 Å². The minimum Gasteiger partial charge on any atom is -0.335 e. The number of carbonyl (C=O) groups excluding carboxylic acids is 2. The predicted molar refractivity (Wildman–Crippen MR) is 72.8 cm³/mol. The van der Waals surface area contributed by atoms with Crippen molar-refractivity contribution in [2.75, 3.05) is 26.7 Å². The molecule has 3 aliphatic heterocycles. The van der Waals surface area contributed by atoms with Gasteiger partial charge in [-0.3, -0.25) is 4.79 Å². The number of aryl methyl sites for hydroxylation is 1. The standard InChI is InChI=1S/C13H18N6O2/c1-17-12(21)14-6-13(17)7-18(8-13)11(20)10-16-15-9-4-2-3-5-19(9)10/h2-8H2,1H3,(H,14,21). The van der Waals surface area contributed by atoms with E-state index in [9.17, 15) is 9.59 Å². The van der Waals surface area contributed by atoms with E-state index in [0.717, 1.165) is 31.6 Å². The van der Waals surface area contributed by atoms with Gasteiger partial charge in [-0.05, 0) is 12.8 Å². The number of nitrogens with one attached hydrogen (secondary N) is 1. The van der Waals surface area contributed by atoms with Gasteiger partial charge in [0.05, 0.1) is 5.54 Å². The van der Waals surface area contributed by atoms with E-state index in [1.807, 2.05) is 4.57 Å². The average Bonchev–Trinajstić information content (AvgIpc) is 3.00. The Morgan fingerprint density at radius 2 is 2.10 bits per heavy atom. The highest BCUT2D eigenvalue weighted by molar-refractivity contribution is 5.92. The summed E-state index contributed by atoms with van der Waals surface area (Å²) in [6.07, 6.45) is 3.07. The minimum absolute atomic E-state index is 0.0676. The third-order valence-electron chi connectivity index (χ3n) is 4.89. The van der Waals surface area contributed by atoms with Crippen molar-refractivity contribution in [2.24, 2.45) is 0 Å². The van der Waals surface area contributed by atoms with Crippen LogP contribution < -0.4 is 5.32 Å². The zero-order valence-corrected chi connectivity index (χ0v) is 12.0. The largest absolute Gasteiger partial charge is 0.335 e. The van der Waals surface area contributed by atoms with Crippen LogP contribution in [0.4, 0.5) is 4.79 Å². The summed E-state index contributed by atoms with van der Waals surface area (Å²) in [4.78, 5) is 27.6. The number of likely N-dealkylation sites (tertiary alicyclic amines) is 1. The molecule has 1 aromatic heterocycles. The number of rotatable bonds is 1. The molecule has 0 unspecified atom stereocenters. The Labute approximate surface area is 122 Å². The van der Waals surface area contributed by atoms with Gasteiger partial charge in [0.25, 0.3) is 5.91 Å². The maximum atomic E-state index is 12.6. The summed E-state index contributed by atoms with van der Waals surface area (Å²) < 4.78 is 1.94. The van der Waals surface area contributed by atoms with Crippen molar-refractivity contribution >= 4 is 11.9 Å². The van der Waals surface area contributed by atoms with E-state index in [-0.39, 0.29) is 17.5 Å². The molecule has 0 radical (unpaired) electrons. The maximum Gasteiger partial charge on any atom is 0.317 e. The second kappa shape index (κ2) is 4.19. The van der Waals surface area contributed by atoms with Crippen molar-refractivity contribution in [1.29, 1.82) is 0 Å². The van der Waals surface area contributed by atoms with Crippen LogP contribution in [0.15, 0.2) is 0 Å². The number of carbonyl (C=O) groups is 2. The lowest BCUT2D eigenvalue weighted by Crippen LogP contribution is -2.70. The summed E-state index contributed by atoms with van der Waals surface area (Å²) >= 11 is 0. The SMILES string of the molecule is CN1C(=O)NCC12CN(C(=O)c1nnc3n1CCCC3)C2. The van der Waals surface area contributed by atoms with Crippen LogP contribution >= 0.6 is 0 Å². The third kappa shape index (κ3) is 1.68. The van der Waals surface area contributed by atoms with Gasteiger partial charge in [0.2, 0.25) is 5.82 Å². The fourth-order valence-electron chi connectivity index (χ4n) is 3.43. The lowest BCUT2D eigenvalue weighted by molar-refractivity contribution is 0.00646. The Balaban J connectivity index is 1.51. The molecule has 21 heavy (non-hydrogen) atoms. The van der Waals surface area contributed by atoms with E-state index in [0.29, 0.717) is 25.5 Å². The van der Waals surface area contributed by atoms with Gasteiger partial charge in [-0.1, -0.05) is 0 Å². The highest BCUT2D eigenvalue weighted by Gasteiger charge is 2.54. The quantitative estimate of drug-likeness (QED) is 0.753. The van der Waals surface area contributed by atoms with Gasteiger partial charge in [-0.25, -0.2) is 4.79 Å². The lowest BCUT2D eigenvalue weighted by atomic mass is 9.89. The van der Waals surface area contributed by atoms with Crippen LogP contribution in [0.3, 0.4) is 0 Å². The summed E-state index contributed by atoms with van der Waals surface area (Å²) in [6, 6.07) is -0.0676. The van der Waals surface area contributed by atoms with Gasteiger partial charge < -0.3 is 19.7 Å². The molecule has 0 aliphatic carbocycles. The summed E-state index contributed by atoms with van der Waals surface area (Å²) in [6.45, 7) is 2.54. The third-order valence-corrected chi connectivity index (χ3v) is 4.89. The predicted octanol–water partition coefficient (Wildman–Crippen LogP) is -0.536. The monoisotopic (exact) mass is 290 g/mol. The molecule has 1 N–H and O–H groups in total. The van der Waals surface area contributed by atoms with Gasteiger partial charge in [0.1, 0.15) is 5.82 Å². The van der Waals surface area contributed by atoms with Crippen molar-refractivity contribution < 1.29 is 9.59 Å². The van der Waals surface area contributed by atoms with Crippen molar-refractivity contribution in [3.05, 3.63) is 11.6 Å². The summed E-state index contributed by atoms with van der Waals surface area (Å²) in [5, 5.41) is 11.0. The topological polar surface area (TPSA) is 83.4 Å². The number of nitrogens with zero attached hydrogens (tertiary/aromatic N) is 5. The van der Waals surface area contributed by atoms with E-state index < -0.39 is 0 Å². The molecule has 2 saturated heterocycles. The highest BCUT2D eigenvalue weighted by atomic mass is 16.2. The summed E-state index contributed by atoms with van der Waals surface area (Å²) in [5.41, 5.74) is -0.239. The molecule has 4 heterocycles. The van der Waals surface area contributed by atoms with Crippen LogP contribution in [0.5, 0.6) is 0 Å². The van der Waals surface area contributed by atoms with E-state index in [1.54, 1.807) is 16.8 Å². The Hall–Kier alpha value is -2.12. The van der Waals surface area contributed by atoms with Gasteiger partial charge >= 0.3 is 6.03 Å². The molecule has 1 aromatic rings. The molecule has 8 nitrogen and oxygen atoms in total.